The van der Waals surface area contributed by atoms with Gasteiger partial charge in [-0.2, -0.15) is 0 Å². The molecule has 0 spiro atoms. The van der Waals surface area contributed by atoms with Gasteiger partial charge >= 0.3 is 15.6 Å². The van der Waals surface area contributed by atoms with Gasteiger partial charge in [0.2, 0.25) is 5.91 Å². The van der Waals surface area contributed by atoms with E-state index in [1.807, 2.05) is 0 Å². The van der Waals surface area contributed by atoms with Gasteiger partial charge in [0.05, 0.1) is 19.8 Å². The number of hydrogen-bond acceptors (Lipinski definition) is 15. The van der Waals surface area contributed by atoms with E-state index in [1.54, 1.807) is 0 Å². The Balaban J connectivity index is 2.22. The average molecular weight is 586 g/mol. The molecule has 0 radical (unpaired) electrons. The van der Waals surface area contributed by atoms with Crippen LogP contribution >= 0.6 is 15.6 Å². The normalized spacial score (nSPS) is 38.6. The fourth-order valence-electron chi connectivity index (χ4n) is 3.49. The molecule has 37 heavy (non-hydrogen) atoms. The zero-order valence-electron chi connectivity index (χ0n) is 19.3. The van der Waals surface area contributed by atoms with E-state index in [2.05, 4.69) is 14.4 Å². The number of ether oxygens (including phenoxy) is 3. The number of carbonyl (C=O) groups is 1. The summed E-state index contributed by atoms with van der Waals surface area (Å²) in [6, 6.07) is -1.54. The van der Waals surface area contributed by atoms with Gasteiger partial charge < -0.3 is 65.5 Å². The van der Waals surface area contributed by atoms with Crippen LogP contribution in [-0.4, -0.2) is 134 Å². The third-order valence-electron chi connectivity index (χ3n) is 5.20. The summed E-state index contributed by atoms with van der Waals surface area (Å²) in [5.74, 6) is -0.723. The molecule has 2 heterocycles. The van der Waals surface area contributed by atoms with E-state index in [4.69, 9.17) is 34.3 Å². The van der Waals surface area contributed by atoms with Crippen molar-refractivity contribution in [1.29, 1.82) is 0 Å². The summed E-state index contributed by atoms with van der Waals surface area (Å²) < 4.78 is 52.3. The summed E-state index contributed by atoms with van der Waals surface area (Å²) in [6.07, 6.45) is -16.4. The molecule has 2 fully saturated rings. The summed E-state index contributed by atoms with van der Waals surface area (Å²) in [4.78, 5) is 39.1. The topological polar surface area (TPSA) is 306 Å². The number of nitrogens with one attached hydrogen (secondary N) is 1. The Morgan fingerprint density at radius 1 is 0.892 bits per heavy atom. The highest BCUT2D eigenvalue weighted by molar-refractivity contribution is 7.47. The van der Waals surface area contributed by atoms with Crippen LogP contribution in [0.5, 0.6) is 0 Å². The monoisotopic (exact) mass is 586 g/mol. The largest absolute Gasteiger partial charge is 0.472 e. The van der Waals surface area contributed by atoms with Crippen LogP contribution in [0.1, 0.15) is 6.92 Å². The van der Waals surface area contributed by atoms with Crippen molar-refractivity contribution in [3.63, 3.8) is 0 Å². The highest BCUT2D eigenvalue weighted by Gasteiger charge is 2.51. The molecule has 1 unspecified atom stereocenters. The van der Waals surface area contributed by atoms with Crippen LogP contribution in [0.4, 0.5) is 0 Å². The molecule has 2 rings (SSSR count). The van der Waals surface area contributed by atoms with Gasteiger partial charge in [0, 0.05) is 13.5 Å². The van der Waals surface area contributed by atoms with E-state index in [0.29, 0.717) is 0 Å². The molecule has 2 aliphatic heterocycles. The molecule has 0 aromatic rings. The van der Waals surface area contributed by atoms with E-state index in [0.717, 1.165) is 6.92 Å². The van der Waals surface area contributed by atoms with Gasteiger partial charge in [-0.1, -0.05) is 0 Å². The van der Waals surface area contributed by atoms with Crippen LogP contribution in [0.2, 0.25) is 0 Å². The fraction of sp³-hybridized carbons (Fsp3) is 0.938. The predicted molar refractivity (Wildman–Crippen MR) is 115 cm³/mol. The lowest BCUT2D eigenvalue weighted by Crippen LogP contribution is -2.67. The number of amides is 1. The van der Waals surface area contributed by atoms with Crippen LogP contribution in [0.25, 0.3) is 0 Å². The lowest BCUT2D eigenvalue weighted by atomic mass is 9.95. The number of aliphatic hydroxyl groups excluding tert-OH is 5. The first-order valence-corrected chi connectivity index (χ1v) is 13.7. The number of rotatable bonds is 12. The molecule has 0 bridgehead atoms. The van der Waals surface area contributed by atoms with Crippen LogP contribution in [-0.2, 0) is 41.7 Å². The van der Waals surface area contributed by atoms with Crippen molar-refractivity contribution in [2.75, 3.05) is 26.4 Å². The van der Waals surface area contributed by atoms with Crippen molar-refractivity contribution in [3.8, 4) is 0 Å². The molecule has 21 heteroatoms. The minimum Gasteiger partial charge on any atom is -0.388 e. The van der Waals surface area contributed by atoms with Crippen molar-refractivity contribution >= 4 is 21.6 Å². The van der Waals surface area contributed by atoms with Crippen molar-refractivity contribution in [2.45, 2.75) is 68.3 Å². The third kappa shape index (κ3) is 9.48. The average Bonchev–Trinajstić information content (AvgIpc) is 2.79. The first-order valence-electron chi connectivity index (χ1n) is 10.7. The molecule has 0 saturated carbocycles. The third-order valence-corrected chi connectivity index (χ3v) is 6.67. The standard InChI is InChI=1S/C16H32N2O17P2/c1-6(19)18-9-12(22)10(20)7(5-32-37(28,29)30-3-2-17)34-16(9)35-14-11(21)8(4-31-36(25,26)27)33-15(24)13(14)23/h7-16,20-24H,2-5,17H2,1H3,(H,18,19)(H,28,29)(H2,25,26,27)/t7-,8-,9-,10+,11+,12-,13-,14+,15+,16+/m1/s1. The molecule has 19 nitrogen and oxygen atoms in total. The molecule has 0 aromatic heterocycles. The number of aliphatic hydroxyl groups is 5. The molecule has 11 N–H and O–H groups in total. The lowest BCUT2D eigenvalue weighted by molar-refractivity contribution is -0.341. The van der Waals surface area contributed by atoms with Crippen LogP contribution in [0.15, 0.2) is 0 Å². The van der Waals surface area contributed by atoms with Crippen molar-refractivity contribution in [2.24, 2.45) is 5.73 Å². The molecular formula is C16H32N2O17P2. The van der Waals surface area contributed by atoms with Crippen molar-refractivity contribution < 1.29 is 81.9 Å². The molecule has 11 atom stereocenters. The van der Waals surface area contributed by atoms with Crippen molar-refractivity contribution in [3.05, 3.63) is 0 Å². The lowest BCUT2D eigenvalue weighted by Gasteiger charge is -2.46. The highest BCUT2D eigenvalue weighted by atomic mass is 31.2. The van der Waals surface area contributed by atoms with Crippen molar-refractivity contribution in [1.82, 2.24) is 5.32 Å². The Labute approximate surface area is 209 Å². The van der Waals surface area contributed by atoms with Gasteiger partial charge in [-0.25, -0.2) is 9.13 Å². The van der Waals surface area contributed by atoms with E-state index in [-0.39, 0.29) is 13.2 Å². The second-order valence-electron chi connectivity index (χ2n) is 8.07. The quantitative estimate of drug-likeness (QED) is 0.0957. The number of nitrogens with two attached hydrogens (primary N) is 1. The number of carbonyl (C=O) groups excluding carboxylic acids is 1. The SMILES string of the molecule is CC(=O)N[C@H]1[C@H](O[C@@H]2[C@@H](O)[C@@H](O)O[C@H](COP(=O)(O)O)[C@@H]2O)O[C@H](COP(=O)(O)OCCN)[C@H](O)[C@@H]1O. The summed E-state index contributed by atoms with van der Waals surface area (Å²) in [5.41, 5.74) is 5.18. The number of phosphoric ester groups is 2. The fourth-order valence-corrected chi connectivity index (χ4v) is 4.57. The van der Waals surface area contributed by atoms with Gasteiger partial charge in [-0.3, -0.25) is 18.4 Å². The number of phosphoric acid groups is 2. The summed E-state index contributed by atoms with van der Waals surface area (Å²) in [5, 5.41) is 54.1. The van der Waals surface area contributed by atoms with E-state index >= 15 is 0 Å². The Kier molecular flexibility index (Phi) is 12.0. The van der Waals surface area contributed by atoms with E-state index in [9.17, 15) is 44.4 Å². The molecule has 0 aromatic carbocycles. The predicted octanol–water partition coefficient (Wildman–Crippen LogP) is -5.04. The van der Waals surface area contributed by atoms with Crippen LogP contribution in [0, 0.1) is 0 Å². The van der Waals surface area contributed by atoms with Crippen LogP contribution in [0.3, 0.4) is 0 Å². The maximum absolute atomic E-state index is 11.9. The van der Waals surface area contributed by atoms with Crippen LogP contribution < -0.4 is 11.1 Å². The molecule has 2 aliphatic rings. The minimum absolute atomic E-state index is 0.106. The zero-order chi connectivity index (χ0) is 28.1. The van der Waals surface area contributed by atoms with Gasteiger partial charge in [0.1, 0.15) is 48.8 Å². The Morgan fingerprint density at radius 2 is 1.49 bits per heavy atom. The summed E-state index contributed by atoms with van der Waals surface area (Å²) in [7, 11) is -9.65. The van der Waals surface area contributed by atoms with Gasteiger partial charge in [0.25, 0.3) is 0 Å². The molecule has 2 saturated heterocycles. The number of hydrogen-bond donors (Lipinski definition) is 10. The van der Waals surface area contributed by atoms with E-state index < -0.39 is 96.1 Å². The van der Waals surface area contributed by atoms with Gasteiger partial charge in [-0.15, -0.1) is 0 Å². The smallest absolute Gasteiger partial charge is 0.388 e. The van der Waals surface area contributed by atoms with E-state index in [1.165, 1.54) is 0 Å². The Bertz CT molecular complexity index is 846. The first-order chi connectivity index (χ1) is 17.1. The molecular weight excluding hydrogens is 554 g/mol. The summed E-state index contributed by atoms with van der Waals surface area (Å²) in [6.45, 7) is -1.17. The second kappa shape index (κ2) is 13.6. The highest BCUT2D eigenvalue weighted by Crippen LogP contribution is 2.43. The Morgan fingerprint density at radius 3 is 2.05 bits per heavy atom. The Hall–Kier alpha value is -0.670. The minimum atomic E-state index is -5.01. The molecule has 218 valence electrons. The second-order valence-corrected chi connectivity index (χ2v) is 10.8. The maximum Gasteiger partial charge on any atom is 0.472 e. The zero-order valence-corrected chi connectivity index (χ0v) is 21.1. The maximum atomic E-state index is 11.9. The molecule has 0 aliphatic carbocycles. The van der Waals surface area contributed by atoms with Gasteiger partial charge in [-0.05, 0) is 0 Å². The summed E-state index contributed by atoms with van der Waals surface area (Å²) >= 11 is 0. The first kappa shape index (κ1) is 32.5. The molecule has 1 amide bonds. The van der Waals surface area contributed by atoms with Gasteiger partial charge in [0.15, 0.2) is 12.6 Å².